The van der Waals surface area contributed by atoms with Crippen LogP contribution in [-0.2, 0) is 11.3 Å². The van der Waals surface area contributed by atoms with Crippen LogP contribution in [0.1, 0.15) is 44.3 Å². The van der Waals surface area contributed by atoms with Gasteiger partial charge in [0.15, 0.2) is 5.78 Å². The number of Topliss-reactive ketones (excluding diaryl/α,β-unsaturated/α-hetero) is 1. The zero-order chi connectivity index (χ0) is 12.1. The number of aromatic nitrogens is 2. The summed E-state index contributed by atoms with van der Waals surface area (Å²) in [5.74, 6) is 0.764. The Morgan fingerprint density at radius 3 is 2.76 bits per heavy atom. The number of hydrogen-bond donors (Lipinski definition) is 0. The Hall–Kier alpha value is -1.63. The van der Waals surface area contributed by atoms with Crippen LogP contribution in [0.5, 0.6) is 0 Å². The molecule has 1 saturated carbocycles. The summed E-state index contributed by atoms with van der Waals surface area (Å²) in [6.07, 6.45) is 10.1. The van der Waals surface area contributed by atoms with Crippen molar-refractivity contribution in [3.63, 3.8) is 0 Å². The molecule has 1 fully saturated rings. The van der Waals surface area contributed by atoms with Crippen LogP contribution in [0.15, 0.2) is 12.4 Å². The smallest absolute Gasteiger partial charge is 0.213 e. The van der Waals surface area contributed by atoms with Crippen molar-refractivity contribution in [3.05, 3.63) is 18.2 Å². The van der Waals surface area contributed by atoms with Gasteiger partial charge in [0.05, 0.1) is 6.54 Å². The Morgan fingerprint density at radius 1 is 1.41 bits per heavy atom. The van der Waals surface area contributed by atoms with E-state index in [0.717, 1.165) is 25.7 Å². The van der Waals surface area contributed by atoms with Crippen LogP contribution >= 0.6 is 0 Å². The summed E-state index contributed by atoms with van der Waals surface area (Å²) in [6.45, 7) is 0.299. The lowest BCUT2D eigenvalue weighted by molar-refractivity contribution is -0.123. The van der Waals surface area contributed by atoms with Crippen molar-refractivity contribution in [2.24, 2.45) is 5.92 Å². The molecule has 4 heteroatoms. The summed E-state index contributed by atoms with van der Waals surface area (Å²) in [4.78, 5) is 16.0. The molecule has 1 heterocycles. The fourth-order valence-corrected chi connectivity index (χ4v) is 2.45. The van der Waals surface area contributed by atoms with Gasteiger partial charge in [0.2, 0.25) is 5.82 Å². The predicted molar refractivity (Wildman–Crippen MR) is 63.1 cm³/mol. The molecule has 1 aromatic heterocycles. The van der Waals surface area contributed by atoms with Crippen LogP contribution in [0.25, 0.3) is 0 Å². The van der Waals surface area contributed by atoms with Crippen LogP contribution in [0, 0.1) is 17.2 Å². The first-order chi connectivity index (χ1) is 8.31. The van der Waals surface area contributed by atoms with E-state index >= 15 is 0 Å². The molecule has 0 unspecified atom stereocenters. The van der Waals surface area contributed by atoms with Gasteiger partial charge in [0.1, 0.15) is 6.07 Å². The van der Waals surface area contributed by atoms with E-state index in [1.807, 2.05) is 6.07 Å². The number of nitriles is 1. The topological polar surface area (TPSA) is 58.7 Å². The van der Waals surface area contributed by atoms with Crippen LogP contribution in [-0.4, -0.2) is 15.3 Å². The fourth-order valence-electron chi connectivity index (χ4n) is 2.45. The summed E-state index contributed by atoms with van der Waals surface area (Å²) in [5, 5.41) is 8.83. The number of nitrogens with zero attached hydrogens (tertiary/aromatic N) is 3. The Morgan fingerprint density at radius 2 is 2.12 bits per heavy atom. The maximum atomic E-state index is 12.1. The maximum absolute atomic E-state index is 12.1. The summed E-state index contributed by atoms with van der Waals surface area (Å²) in [6, 6.07) is 2.00. The Bertz CT molecular complexity index is 422. The van der Waals surface area contributed by atoms with Crippen LogP contribution < -0.4 is 0 Å². The highest BCUT2D eigenvalue weighted by atomic mass is 16.1. The van der Waals surface area contributed by atoms with Crippen molar-refractivity contribution >= 4 is 5.78 Å². The molecule has 0 aliphatic heterocycles. The average molecular weight is 231 g/mol. The van der Waals surface area contributed by atoms with Crippen molar-refractivity contribution in [3.8, 4) is 6.07 Å². The summed E-state index contributed by atoms with van der Waals surface area (Å²) in [5.41, 5.74) is 0. The van der Waals surface area contributed by atoms with Gasteiger partial charge in [-0.1, -0.05) is 25.7 Å². The van der Waals surface area contributed by atoms with Crippen molar-refractivity contribution in [1.82, 2.24) is 9.55 Å². The SMILES string of the molecule is N#Cc1nccn1CC(=O)C1CCCCCC1. The van der Waals surface area contributed by atoms with E-state index < -0.39 is 0 Å². The molecule has 17 heavy (non-hydrogen) atoms. The molecule has 1 aromatic rings. The Balaban J connectivity index is 1.98. The molecule has 1 aliphatic carbocycles. The third kappa shape index (κ3) is 2.94. The second kappa shape index (κ2) is 5.62. The minimum absolute atomic E-state index is 0.187. The van der Waals surface area contributed by atoms with E-state index in [1.165, 1.54) is 12.8 Å². The third-order valence-electron chi connectivity index (χ3n) is 3.45. The standard InChI is InChI=1S/C13H17N3O/c14-9-13-15-7-8-16(13)10-12(17)11-5-3-1-2-4-6-11/h7-8,11H,1-6,10H2. The molecular formula is C13H17N3O. The van der Waals surface area contributed by atoms with E-state index in [1.54, 1.807) is 17.0 Å². The zero-order valence-electron chi connectivity index (χ0n) is 9.93. The number of hydrogen-bond acceptors (Lipinski definition) is 3. The second-order valence-corrected chi connectivity index (χ2v) is 4.65. The number of rotatable bonds is 3. The van der Waals surface area contributed by atoms with E-state index in [2.05, 4.69) is 4.98 Å². The molecule has 0 amide bonds. The first kappa shape index (κ1) is 11.8. The number of carbonyl (C=O) groups excluding carboxylic acids is 1. The number of imidazole rings is 1. The van der Waals surface area contributed by atoms with Gasteiger partial charge in [-0.15, -0.1) is 0 Å². The van der Waals surface area contributed by atoms with Gasteiger partial charge >= 0.3 is 0 Å². The summed E-state index contributed by atoms with van der Waals surface area (Å²) >= 11 is 0. The molecule has 0 saturated heterocycles. The van der Waals surface area contributed by atoms with Crippen LogP contribution in [0.3, 0.4) is 0 Å². The van der Waals surface area contributed by atoms with Gasteiger partial charge in [-0.05, 0) is 12.8 Å². The molecule has 0 aromatic carbocycles. The molecule has 0 N–H and O–H groups in total. The normalized spacial score (nSPS) is 17.4. The molecule has 0 atom stereocenters. The molecule has 0 bridgehead atoms. The van der Waals surface area contributed by atoms with Gasteiger partial charge in [-0.3, -0.25) is 4.79 Å². The van der Waals surface area contributed by atoms with Crippen LogP contribution in [0.4, 0.5) is 0 Å². The zero-order valence-corrected chi connectivity index (χ0v) is 9.93. The Kier molecular flexibility index (Phi) is 3.92. The van der Waals surface area contributed by atoms with Crippen LogP contribution in [0.2, 0.25) is 0 Å². The monoisotopic (exact) mass is 231 g/mol. The summed E-state index contributed by atoms with van der Waals surface area (Å²) < 4.78 is 1.65. The lowest BCUT2D eigenvalue weighted by Gasteiger charge is -2.13. The maximum Gasteiger partial charge on any atom is 0.213 e. The van der Waals surface area contributed by atoms with E-state index in [9.17, 15) is 4.79 Å². The minimum atomic E-state index is 0.187. The quantitative estimate of drug-likeness (QED) is 0.750. The molecular weight excluding hydrogens is 214 g/mol. The van der Waals surface area contributed by atoms with E-state index in [-0.39, 0.29) is 11.7 Å². The first-order valence-electron chi connectivity index (χ1n) is 6.25. The number of carbonyl (C=O) groups is 1. The molecule has 0 spiro atoms. The van der Waals surface area contributed by atoms with Gasteiger partial charge in [-0.2, -0.15) is 5.26 Å². The molecule has 90 valence electrons. The highest BCUT2D eigenvalue weighted by Crippen LogP contribution is 2.24. The van der Waals surface area contributed by atoms with Gasteiger partial charge < -0.3 is 4.57 Å². The van der Waals surface area contributed by atoms with Gasteiger partial charge in [-0.25, -0.2) is 4.98 Å². The minimum Gasteiger partial charge on any atom is -0.315 e. The lowest BCUT2D eigenvalue weighted by atomic mass is 9.95. The summed E-state index contributed by atoms with van der Waals surface area (Å²) in [7, 11) is 0. The average Bonchev–Trinajstić information content (AvgIpc) is 2.62. The van der Waals surface area contributed by atoms with Gasteiger partial charge in [0, 0.05) is 18.3 Å². The highest BCUT2D eigenvalue weighted by molar-refractivity contribution is 5.80. The van der Waals surface area contributed by atoms with Crippen molar-refractivity contribution in [1.29, 1.82) is 5.26 Å². The lowest BCUT2D eigenvalue weighted by Crippen LogP contribution is -2.20. The Labute approximate surface area is 101 Å². The van der Waals surface area contributed by atoms with Crippen molar-refractivity contribution in [2.75, 3.05) is 0 Å². The van der Waals surface area contributed by atoms with Crippen molar-refractivity contribution in [2.45, 2.75) is 45.1 Å². The molecule has 2 rings (SSSR count). The van der Waals surface area contributed by atoms with Gasteiger partial charge in [0.25, 0.3) is 0 Å². The second-order valence-electron chi connectivity index (χ2n) is 4.65. The van der Waals surface area contributed by atoms with Crippen molar-refractivity contribution < 1.29 is 4.79 Å². The number of ketones is 1. The largest absolute Gasteiger partial charge is 0.315 e. The molecule has 1 aliphatic rings. The fraction of sp³-hybridized carbons (Fsp3) is 0.615. The van der Waals surface area contributed by atoms with E-state index in [4.69, 9.17) is 5.26 Å². The highest BCUT2D eigenvalue weighted by Gasteiger charge is 2.20. The van der Waals surface area contributed by atoms with E-state index in [0.29, 0.717) is 12.4 Å². The first-order valence-corrected chi connectivity index (χ1v) is 6.25. The predicted octanol–water partition coefficient (Wildman–Crippen LogP) is 2.29. The molecule has 4 nitrogen and oxygen atoms in total. The third-order valence-corrected chi connectivity index (χ3v) is 3.45. The molecule has 0 radical (unpaired) electrons.